The minimum Gasteiger partial charge on any atom is -0.465 e. The summed E-state index contributed by atoms with van der Waals surface area (Å²) >= 11 is 13.2. The molecule has 2 aromatic carbocycles. The van der Waals surface area contributed by atoms with Crippen molar-refractivity contribution >= 4 is 58.4 Å². The fourth-order valence-electron chi connectivity index (χ4n) is 3.52. The predicted molar refractivity (Wildman–Crippen MR) is 144 cm³/mol. The number of nitrogens with zero attached hydrogens (tertiary/aromatic N) is 3. The molecule has 0 unspecified atom stereocenters. The fraction of sp³-hybridized carbons (Fsp3) is 0.320. The number of para-hydroxylation sites is 1. The van der Waals surface area contributed by atoms with Gasteiger partial charge in [0.25, 0.3) is 5.91 Å². The van der Waals surface area contributed by atoms with Gasteiger partial charge in [-0.2, -0.15) is 0 Å². The van der Waals surface area contributed by atoms with Gasteiger partial charge in [-0.3, -0.25) is 9.59 Å². The average molecular weight is 564 g/mol. The summed E-state index contributed by atoms with van der Waals surface area (Å²) in [6.07, 6.45) is 0. The summed E-state index contributed by atoms with van der Waals surface area (Å²) in [6, 6.07) is 10.9. The maximum absolute atomic E-state index is 12.9. The molecule has 0 radical (unpaired) electrons. The molecule has 0 bridgehead atoms. The summed E-state index contributed by atoms with van der Waals surface area (Å²) in [5.41, 5.74) is 1.00. The maximum atomic E-state index is 12.9. The van der Waals surface area contributed by atoms with Gasteiger partial charge in [-0.1, -0.05) is 60.9 Å². The van der Waals surface area contributed by atoms with E-state index in [4.69, 9.17) is 27.9 Å². The fourth-order valence-corrected chi connectivity index (χ4v) is 4.63. The van der Waals surface area contributed by atoms with Gasteiger partial charge in [-0.05, 0) is 43.2 Å². The van der Waals surface area contributed by atoms with Crippen LogP contribution < -0.4 is 10.6 Å². The molecule has 1 aromatic heterocycles. The lowest BCUT2D eigenvalue weighted by molar-refractivity contribution is -0.113. The van der Waals surface area contributed by atoms with Gasteiger partial charge < -0.3 is 19.9 Å². The Morgan fingerprint density at radius 1 is 1.08 bits per heavy atom. The molecular weight excluding hydrogens is 537 g/mol. The van der Waals surface area contributed by atoms with Crippen molar-refractivity contribution < 1.29 is 19.1 Å². The molecule has 196 valence electrons. The second kappa shape index (κ2) is 12.9. The van der Waals surface area contributed by atoms with Crippen molar-refractivity contribution in [1.82, 2.24) is 20.1 Å². The number of carbonyl (C=O) groups is 3. The van der Waals surface area contributed by atoms with Crippen LogP contribution >= 0.6 is 35.0 Å². The van der Waals surface area contributed by atoms with Crippen molar-refractivity contribution in [2.24, 2.45) is 5.92 Å². The first kappa shape index (κ1) is 28.5. The molecule has 2 amide bonds. The Labute approximate surface area is 229 Å². The topological polar surface area (TPSA) is 115 Å². The number of ether oxygens (including phenoxy) is 1. The Bertz CT molecular complexity index is 1300. The lowest BCUT2D eigenvalue weighted by Crippen LogP contribution is -2.33. The second-order valence-electron chi connectivity index (χ2n) is 8.28. The average Bonchev–Trinajstić information content (AvgIpc) is 3.29. The number of aromatic nitrogens is 3. The van der Waals surface area contributed by atoms with Gasteiger partial charge in [0.2, 0.25) is 5.91 Å². The van der Waals surface area contributed by atoms with Crippen LogP contribution in [0.3, 0.4) is 0 Å². The molecule has 9 nitrogen and oxygen atoms in total. The molecular formula is C25H27Cl2N5O4S. The molecule has 0 aliphatic rings. The van der Waals surface area contributed by atoms with Crippen LogP contribution in [-0.2, 0) is 16.1 Å². The SMILES string of the molecule is CCn1c(SCC(=O)Nc2ccccc2C(=O)OC)nnc1[C@@H](NC(=O)c1ccc(Cl)c(Cl)c1)C(C)C. The lowest BCUT2D eigenvalue weighted by Gasteiger charge is -2.22. The predicted octanol–water partition coefficient (Wildman–Crippen LogP) is 5.25. The zero-order chi connectivity index (χ0) is 27.1. The molecule has 0 aliphatic carbocycles. The molecule has 2 N–H and O–H groups in total. The minimum atomic E-state index is -0.540. The number of anilines is 1. The standard InChI is InChI=1S/C25H27Cl2N5O4S/c1-5-32-22(21(14(2)3)29-23(34)15-10-11-17(26)18(27)12-15)30-31-25(32)37-13-20(33)28-19-9-7-6-8-16(19)24(35)36-4/h6-12,14,21H,5,13H2,1-4H3,(H,28,33)(H,29,34)/t21-/m0/s1. The summed E-state index contributed by atoms with van der Waals surface area (Å²) in [5, 5.41) is 15.5. The van der Waals surface area contributed by atoms with Crippen molar-refractivity contribution in [1.29, 1.82) is 0 Å². The van der Waals surface area contributed by atoms with Gasteiger partial charge in [0, 0.05) is 12.1 Å². The smallest absolute Gasteiger partial charge is 0.339 e. The van der Waals surface area contributed by atoms with E-state index in [9.17, 15) is 14.4 Å². The molecule has 0 saturated carbocycles. The summed E-state index contributed by atoms with van der Waals surface area (Å²) in [6.45, 7) is 6.39. The third-order valence-corrected chi connectivity index (χ3v) is 7.12. The number of methoxy groups -OCH3 is 1. The van der Waals surface area contributed by atoms with Crippen molar-refractivity contribution in [3.05, 3.63) is 69.5 Å². The summed E-state index contributed by atoms with van der Waals surface area (Å²) in [4.78, 5) is 37.5. The van der Waals surface area contributed by atoms with Gasteiger partial charge in [-0.15, -0.1) is 10.2 Å². The van der Waals surface area contributed by atoms with E-state index in [1.54, 1.807) is 36.4 Å². The van der Waals surface area contributed by atoms with Crippen LogP contribution in [0.2, 0.25) is 10.0 Å². The van der Waals surface area contributed by atoms with Crippen molar-refractivity contribution in [2.75, 3.05) is 18.2 Å². The monoisotopic (exact) mass is 563 g/mol. The van der Waals surface area contributed by atoms with Crippen molar-refractivity contribution in [2.45, 2.75) is 38.5 Å². The van der Waals surface area contributed by atoms with Gasteiger partial charge >= 0.3 is 5.97 Å². The van der Waals surface area contributed by atoms with Crippen LogP contribution in [0.25, 0.3) is 0 Å². The Morgan fingerprint density at radius 2 is 1.81 bits per heavy atom. The van der Waals surface area contributed by atoms with Gasteiger partial charge in [-0.25, -0.2) is 4.79 Å². The summed E-state index contributed by atoms with van der Waals surface area (Å²) in [7, 11) is 1.28. The maximum Gasteiger partial charge on any atom is 0.339 e. The highest BCUT2D eigenvalue weighted by atomic mass is 35.5. The number of thioether (sulfide) groups is 1. The molecule has 0 fully saturated rings. The molecule has 0 saturated heterocycles. The highest BCUT2D eigenvalue weighted by Gasteiger charge is 2.26. The van der Waals surface area contributed by atoms with Crippen LogP contribution in [0.15, 0.2) is 47.6 Å². The van der Waals surface area contributed by atoms with E-state index in [2.05, 4.69) is 20.8 Å². The lowest BCUT2D eigenvalue weighted by atomic mass is 10.0. The quantitative estimate of drug-likeness (QED) is 0.255. The highest BCUT2D eigenvalue weighted by molar-refractivity contribution is 7.99. The summed E-state index contributed by atoms with van der Waals surface area (Å²) in [5.74, 6) is -0.568. The number of esters is 1. The van der Waals surface area contributed by atoms with Crippen LogP contribution in [-0.4, -0.2) is 45.4 Å². The van der Waals surface area contributed by atoms with E-state index in [1.807, 2.05) is 25.3 Å². The normalized spacial score (nSPS) is 11.8. The van der Waals surface area contributed by atoms with Gasteiger partial charge in [0.15, 0.2) is 11.0 Å². The van der Waals surface area contributed by atoms with Crippen LogP contribution in [0.5, 0.6) is 0 Å². The largest absolute Gasteiger partial charge is 0.465 e. The first-order chi connectivity index (χ1) is 17.7. The number of hydrogen-bond donors (Lipinski definition) is 2. The number of benzene rings is 2. The van der Waals surface area contributed by atoms with Crippen LogP contribution in [0.4, 0.5) is 5.69 Å². The number of halogens is 2. The van der Waals surface area contributed by atoms with Crippen molar-refractivity contribution in [3.63, 3.8) is 0 Å². The van der Waals surface area contributed by atoms with E-state index in [0.717, 1.165) is 0 Å². The molecule has 0 spiro atoms. The highest BCUT2D eigenvalue weighted by Crippen LogP contribution is 2.27. The zero-order valence-corrected chi connectivity index (χ0v) is 23.1. The molecule has 1 heterocycles. The molecule has 3 rings (SSSR count). The number of carbonyl (C=O) groups excluding carboxylic acids is 3. The molecule has 12 heteroatoms. The third kappa shape index (κ3) is 7.03. The molecule has 0 aliphatic heterocycles. The Morgan fingerprint density at radius 3 is 2.46 bits per heavy atom. The second-order valence-corrected chi connectivity index (χ2v) is 10.0. The Balaban J connectivity index is 1.73. The zero-order valence-electron chi connectivity index (χ0n) is 20.7. The van der Waals surface area contributed by atoms with Gasteiger partial charge in [0.05, 0.1) is 40.2 Å². The van der Waals surface area contributed by atoms with Gasteiger partial charge in [0.1, 0.15) is 0 Å². The van der Waals surface area contributed by atoms with E-state index in [0.29, 0.717) is 38.8 Å². The number of nitrogens with one attached hydrogen (secondary N) is 2. The Hall–Kier alpha value is -3.08. The van der Waals surface area contributed by atoms with E-state index in [-0.39, 0.29) is 29.0 Å². The first-order valence-corrected chi connectivity index (χ1v) is 13.2. The molecule has 3 aromatic rings. The number of hydrogen-bond acceptors (Lipinski definition) is 7. The Kier molecular flexibility index (Phi) is 9.96. The van der Waals surface area contributed by atoms with E-state index < -0.39 is 12.0 Å². The summed E-state index contributed by atoms with van der Waals surface area (Å²) < 4.78 is 6.63. The number of rotatable bonds is 10. The molecule has 1 atom stereocenters. The molecule has 37 heavy (non-hydrogen) atoms. The van der Waals surface area contributed by atoms with Crippen LogP contribution in [0.1, 0.15) is 53.4 Å². The minimum absolute atomic E-state index is 0.00260. The van der Waals surface area contributed by atoms with Crippen LogP contribution in [0, 0.1) is 5.92 Å². The van der Waals surface area contributed by atoms with Crippen molar-refractivity contribution in [3.8, 4) is 0 Å². The van der Waals surface area contributed by atoms with E-state index in [1.165, 1.54) is 24.9 Å². The first-order valence-electron chi connectivity index (χ1n) is 11.4. The number of amides is 2. The van der Waals surface area contributed by atoms with E-state index >= 15 is 0 Å². The third-order valence-electron chi connectivity index (χ3n) is 5.41.